The van der Waals surface area contributed by atoms with Gasteiger partial charge in [0.1, 0.15) is 10.3 Å². The van der Waals surface area contributed by atoms with E-state index >= 15 is 0 Å². The van der Waals surface area contributed by atoms with Crippen molar-refractivity contribution in [2.75, 3.05) is 17.3 Å². The maximum Gasteiger partial charge on any atom is 0.432 e. The van der Waals surface area contributed by atoms with E-state index in [9.17, 15) is 18.0 Å². The quantitative estimate of drug-likeness (QED) is 0.786. The molecule has 1 saturated heterocycles. The molecular weight excluding hydrogens is 331 g/mol. The number of carbonyl (C=O) groups is 1. The third-order valence-electron chi connectivity index (χ3n) is 2.47. The standard InChI is InChI=1S/C11H12F3NO2S3/c1-6-4-20-9(15-6)8(11(12,13)14)17-10(16)7-5-18-2-3-19-7/h4,7-8H,2-3,5H2,1H3/t7-,8-/m0/s1. The number of rotatable bonds is 3. The molecule has 2 heterocycles. The summed E-state index contributed by atoms with van der Waals surface area (Å²) in [6.45, 7) is 1.60. The lowest BCUT2D eigenvalue weighted by atomic mass is 10.3. The van der Waals surface area contributed by atoms with E-state index in [-0.39, 0.29) is 5.01 Å². The fourth-order valence-electron chi connectivity index (χ4n) is 1.57. The van der Waals surface area contributed by atoms with E-state index < -0.39 is 23.5 Å². The second-order valence-electron chi connectivity index (χ2n) is 4.12. The summed E-state index contributed by atoms with van der Waals surface area (Å²) in [5.41, 5.74) is 0.484. The monoisotopic (exact) mass is 343 g/mol. The van der Waals surface area contributed by atoms with Gasteiger partial charge >= 0.3 is 12.1 Å². The van der Waals surface area contributed by atoms with Gasteiger partial charge in [0, 0.05) is 28.3 Å². The minimum absolute atomic E-state index is 0.225. The summed E-state index contributed by atoms with van der Waals surface area (Å²) in [7, 11) is 0. The van der Waals surface area contributed by atoms with E-state index in [2.05, 4.69) is 4.98 Å². The maximum atomic E-state index is 13.0. The van der Waals surface area contributed by atoms with Gasteiger partial charge in [-0.05, 0) is 6.92 Å². The average Bonchev–Trinajstić information content (AvgIpc) is 2.81. The Morgan fingerprint density at radius 3 is 2.75 bits per heavy atom. The molecule has 1 aromatic rings. The van der Waals surface area contributed by atoms with E-state index in [0.29, 0.717) is 11.4 Å². The van der Waals surface area contributed by atoms with Crippen molar-refractivity contribution in [3.63, 3.8) is 0 Å². The molecule has 0 bridgehead atoms. The van der Waals surface area contributed by atoms with Crippen LogP contribution in [-0.2, 0) is 9.53 Å². The predicted octanol–water partition coefficient (Wildman–Crippen LogP) is 3.45. The van der Waals surface area contributed by atoms with Crippen LogP contribution in [0.3, 0.4) is 0 Å². The fourth-order valence-corrected chi connectivity index (χ4v) is 4.93. The Morgan fingerprint density at radius 1 is 1.50 bits per heavy atom. The molecule has 1 aliphatic heterocycles. The molecule has 0 amide bonds. The van der Waals surface area contributed by atoms with Crippen molar-refractivity contribution >= 4 is 40.8 Å². The van der Waals surface area contributed by atoms with Gasteiger partial charge < -0.3 is 4.74 Å². The summed E-state index contributed by atoms with van der Waals surface area (Å²) >= 11 is 3.75. The van der Waals surface area contributed by atoms with Crippen molar-refractivity contribution in [3.05, 3.63) is 16.1 Å². The topological polar surface area (TPSA) is 39.2 Å². The third kappa shape index (κ3) is 4.05. The summed E-state index contributed by atoms with van der Waals surface area (Å²) in [6, 6.07) is 0. The summed E-state index contributed by atoms with van der Waals surface area (Å²) in [5, 5.41) is 0.754. The van der Waals surface area contributed by atoms with Crippen LogP contribution in [0.5, 0.6) is 0 Å². The van der Waals surface area contributed by atoms with Crippen molar-refractivity contribution < 1.29 is 22.7 Å². The molecule has 3 nitrogen and oxygen atoms in total. The Hall–Kier alpha value is -0.410. The molecule has 0 N–H and O–H groups in total. The Morgan fingerprint density at radius 2 is 2.25 bits per heavy atom. The van der Waals surface area contributed by atoms with Crippen LogP contribution in [0.15, 0.2) is 5.38 Å². The molecule has 0 aliphatic carbocycles. The molecule has 0 radical (unpaired) electrons. The van der Waals surface area contributed by atoms with Gasteiger partial charge in [-0.3, -0.25) is 4.79 Å². The molecule has 1 fully saturated rings. The van der Waals surface area contributed by atoms with Crippen LogP contribution in [-0.4, -0.2) is 39.6 Å². The number of thioether (sulfide) groups is 2. The third-order valence-corrected chi connectivity index (χ3v) is 6.21. The molecule has 112 valence electrons. The van der Waals surface area contributed by atoms with E-state index in [0.717, 1.165) is 22.8 Å². The van der Waals surface area contributed by atoms with Gasteiger partial charge in [0.2, 0.25) is 6.10 Å². The summed E-state index contributed by atoms with van der Waals surface area (Å²) in [4.78, 5) is 15.6. The van der Waals surface area contributed by atoms with Gasteiger partial charge in [0.05, 0.1) is 0 Å². The van der Waals surface area contributed by atoms with Gasteiger partial charge in [-0.1, -0.05) is 0 Å². The van der Waals surface area contributed by atoms with Crippen molar-refractivity contribution in [2.24, 2.45) is 0 Å². The van der Waals surface area contributed by atoms with Crippen molar-refractivity contribution in [1.82, 2.24) is 4.98 Å². The maximum absolute atomic E-state index is 13.0. The number of aryl methyl sites for hydroxylation is 1. The largest absolute Gasteiger partial charge is 0.444 e. The molecule has 1 aliphatic rings. The number of hydrogen-bond donors (Lipinski definition) is 0. The zero-order valence-electron chi connectivity index (χ0n) is 10.5. The van der Waals surface area contributed by atoms with Crippen molar-refractivity contribution in [2.45, 2.75) is 24.5 Å². The Balaban J connectivity index is 2.10. The molecular formula is C11H12F3NO2S3. The smallest absolute Gasteiger partial charge is 0.432 e. The highest BCUT2D eigenvalue weighted by molar-refractivity contribution is 8.07. The molecule has 1 aromatic heterocycles. The fraction of sp³-hybridized carbons (Fsp3) is 0.636. The van der Waals surface area contributed by atoms with Crippen molar-refractivity contribution in [3.8, 4) is 0 Å². The second-order valence-corrected chi connectivity index (χ2v) is 7.47. The van der Waals surface area contributed by atoms with Crippen LogP contribution in [0.2, 0.25) is 0 Å². The number of esters is 1. The molecule has 9 heteroatoms. The van der Waals surface area contributed by atoms with Gasteiger partial charge in [0.15, 0.2) is 0 Å². The molecule has 0 unspecified atom stereocenters. The molecule has 2 rings (SSSR count). The van der Waals surface area contributed by atoms with E-state index in [1.807, 2.05) is 0 Å². The highest BCUT2D eigenvalue weighted by Gasteiger charge is 2.47. The zero-order chi connectivity index (χ0) is 14.8. The first-order chi connectivity index (χ1) is 9.38. The number of carbonyl (C=O) groups excluding carboxylic acids is 1. The second kappa shape index (κ2) is 6.57. The van der Waals surface area contributed by atoms with Gasteiger partial charge in [-0.15, -0.1) is 23.1 Å². The zero-order valence-corrected chi connectivity index (χ0v) is 12.9. The van der Waals surface area contributed by atoms with Gasteiger partial charge in [0.25, 0.3) is 0 Å². The Labute approximate surface area is 126 Å². The number of alkyl halides is 3. The van der Waals surface area contributed by atoms with Crippen LogP contribution >= 0.6 is 34.9 Å². The van der Waals surface area contributed by atoms with Gasteiger partial charge in [-0.25, -0.2) is 4.98 Å². The lowest BCUT2D eigenvalue weighted by Gasteiger charge is -2.23. The van der Waals surface area contributed by atoms with Crippen LogP contribution in [0, 0.1) is 6.92 Å². The lowest BCUT2D eigenvalue weighted by molar-refractivity contribution is -0.223. The van der Waals surface area contributed by atoms with E-state index in [4.69, 9.17) is 4.74 Å². The number of hydrogen-bond acceptors (Lipinski definition) is 6. The van der Waals surface area contributed by atoms with Crippen LogP contribution in [0.1, 0.15) is 16.8 Å². The number of thiazole rings is 1. The summed E-state index contributed by atoms with van der Waals surface area (Å²) in [5.74, 6) is 1.34. The Kier molecular flexibility index (Phi) is 5.25. The van der Waals surface area contributed by atoms with Gasteiger partial charge in [-0.2, -0.15) is 24.9 Å². The molecule has 2 atom stereocenters. The molecule has 0 saturated carbocycles. The van der Waals surface area contributed by atoms with E-state index in [1.165, 1.54) is 17.1 Å². The minimum atomic E-state index is -4.65. The summed E-state index contributed by atoms with van der Waals surface area (Å²) < 4.78 is 43.8. The summed E-state index contributed by atoms with van der Waals surface area (Å²) in [6.07, 6.45) is -6.91. The first-order valence-corrected chi connectivity index (χ1v) is 8.85. The average molecular weight is 343 g/mol. The molecule has 0 spiro atoms. The number of halogens is 3. The van der Waals surface area contributed by atoms with Crippen LogP contribution in [0.25, 0.3) is 0 Å². The molecule has 20 heavy (non-hydrogen) atoms. The SMILES string of the molecule is Cc1csc([C@H](OC(=O)[C@@H]2CSCCS2)C(F)(F)F)n1. The lowest BCUT2D eigenvalue weighted by Crippen LogP contribution is -2.32. The number of aromatic nitrogens is 1. The van der Waals surface area contributed by atoms with Crippen molar-refractivity contribution in [1.29, 1.82) is 0 Å². The highest BCUT2D eigenvalue weighted by Crippen LogP contribution is 2.38. The predicted molar refractivity (Wildman–Crippen MR) is 75.3 cm³/mol. The first-order valence-electron chi connectivity index (χ1n) is 5.76. The highest BCUT2D eigenvalue weighted by atomic mass is 32.2. The molecule has 0 aromatic carbocycles. The van der Waals surface area contributed by atoms with E-state index in [1.54, 1.807) is 18.7 Å². The van der Waals surface area contributed by atoms with Crippen LogP contribution < -0.4 is 0 Å². The number of ether oxygens (including phenoxy) is 1. The number of nitrogens with zero attached hydrogens (tertiary/aromatic N) is 1. The first kappa shape index (κ1) is 16.0. The van der Waals surface area contributed by atoms with Crippen LogP contribution in [0.4, 0.5) is 13.2 Å². The minimum Gasteiger partial charge on any atom is -0.444 e. The Bertz CT molecular complexity index is 472. The normalized spacial score (nSPS) is 21.5.